The van der Waals surface area contributed by atoms with Crippen LogP contribution in [0.2, 0.25) is 5.15 Å². The van der Waals surface area contributed by atoms with E-state index >= 15 is 0 Å². The maximum atomic E-state index is 5.78. The first-order valence-electron chi connectivity index (χ1n) is 4.50. The number of nitrogens with zero attached hydrogens (tertiary/aromatic N) is 3. The minimum atomic E-state index is 0.343. The van der Waals surface area contributed by atoms with Crippen molar-refractivity contribution in [1.82, 2.24) is 14.6 Å². The van der Waals surface area contributed by atoms with Gasteiger partial charge < -0.3 is 4.74 Å². The highest BCUT2D eigenvalue weighted by Crippen LogP contribution is 2.26. The fourth-order valence-corrected chi connectivity index (χ4v) is 1.41. The molecule has 2 aromatic heterocycles. The molecule has 0 atom stereocenters. The number of fused-ring (bicyclic) bond motifs is 1. The van der Waals surface area contributed by atoms with Gasteiger partial charge in [-0.1, -0.05) is 11.6 Å². The molecule has 2 heterocycles. The number of imidazole rings is 1. The van der Waals surface area contributed by atoms with Gasteiger partial charge in [-0.15, -0.1) is 0 Å². The van der Waals surface area contributed by atoms with Gasteiger partial charge in [0.25, 0.3) is 0 Å². The lowest BCUT2D eigenvalue weighted by atomic mass is 10.6. The molecule has 0 amide bonds. The summed E-state index contributed by atoms with van der Waals surface area (Å²) in [4.78, 5) is 4.16. The molecule has 1 saturated carbocycles. The van der Waals surface area contributed by atoms with E-state index in [9.17, 15) is 0 Å². The maximum absolute atomic E-state index is 5.78. The number of ether oxygens (including phenoxy) is 1. The molecule has 0 N–H and O–H groups in total. The third-order valence-electron chi connectivity index (χ3n) is 2.11. The number of aromatic nitrogens is 3. The average Bonchev–Trinajstić information content (AvgIpc) is 2.90. The predicted octanol–water partition coefficient (Wildman–Crippen LogP) is 1.92. The lowest BCUT2D eigenvalue weighted by Gasteiger charge is -2.01. The van der Waals surface area contributed by atoms with Crippen LogP contribution in [-0.2, 0) is 0 Å². The Balaban J connectivity index is 2.08. The molecule has 0 aromatic carbocycles. The molecular formula is C9H8ClN3O. The summed E-state index contributed by atoms with van der Waals surface area (Å²) in [6.07, 6.45) is 4.26. The summed E-state index contributed by atoms with van der Waals surface area (Å²) < 4.78 is 7.24. The monoisotopic (exact) mass is 209 g/mol. The molecule has 0 spiro atoms. The number of hydrogen-bond donors (Lipinski definition) is 0. The lowest BCUT2D eigenvalue weighted by Crippen LogP contribution is -2.01. The Labute approximate surface area is 85.5 Å². The van der Waals surface area contributed by atoms with Gasteiger partial charge >= 0.3 is 0 Å². The van der Waals surface area contributed by atoms with Crippen LogP contribution >= 0.6 is 11.6 Å². The van der Waals surface area contributed by atoms with Gasteiger partial charge in [-0.25, -0.2) is 4.98 Å². The van der Waals surface area contributed by atoms with Crippen molar-refractivity contribution in [3.8, 4) is 5.88 Å². The molecule has 0 bridgehead atoms. The number of rotatable bonds is 2. The smallest absolute Gasteiger partial charge is 0.235 e. The zero-order valence-corrected chi connectivity index (χ0v) is 8.11. The molecule has 0 unspecified atom stereocenters. The lowest BCUT2D eigenvalue weighted by molar-refractivity contribution is 0.284. The number of halogens is 1. The van der Waals surface area contributed by atoms with Crippen LogP contribution in [0.4, 0.5) is 0 Å². The molecular weight excluding hydrogens is 202 g/mol. The van der Waals surface area contributed by atoms with E-state index in [2.05, 4.69) is 10.1 Å². The van der Waals surface area contributed by atoms with Gasteiger partial charge in [-0.05, 0) is 25.0 Å². The number of hydrogen-bond acceptors (Lipinski definition) is 3. The quantitative estimate of drug-likeness (QED) is 0.759. The van der Waals surface area contributed by atoms with Crippen molar-refractivity contribution in [2.75, 3.05) is 0 Å². The normalized spacial score (nSPS) is 16.1. The van der Waals surface area contributed by atoms with Gasteiger partial charge in [0.15, 0.2) is 5.65 Å². The third kappa shape index (κ3) is 1.32. The van der Waals surface area contributed by atoms with Crippen molar-refractivity contribution in [3.05, 3.63) is 23.5 Å². The van der Waals surface area contributed by atoms with Crippen LogP contribution in [0.15, 0.2) is 18.3 Å². The van der Waals surface area contributed by atoms with Crippen LogP contribution in [0.5, 0.6) is 5.88 Å². The summed E-state index contributed by atoms with van der Waals surface area (Å²) in [5.41, 5.74) is 0.755. The van der Waals surface area contributed by atoms with E-state index in [1.807, 2.05) is 6.07 Å². The summed E-state index contributed by atoms with van der Waals surface area (Å²) in [5.74, 6) is 0.671. The highest BCUT2D eigenvalue weighted by Gasteiger charge is 2.25. The zero-order valence-electron chi connectivity index (χ0n) is 7.35. The summed E-state index contributed by atoms with van der Waals surface area (Å²) in [6.45, 7) is 0. The van der Waals surface area contributed by atoms with Crippen molar-refractivity contribution < 1.29 is 4.74 Å². The second-order valence-corrected chi connectivity index (χ2v) is 3.73. The van der Waals surface area contributed by atoms with E-state index in [1.165, 1.54) is 0 Å². The van der Waals surface area contributed by atoms with Gasteiger partial charge in [-0.3, -0.25) is 0 Å². The van der Waals surface area contributed by atoms with Crippen LogP contribution < -0.4 is 4.74 Å². The molecule has 14 heavy (non-hydrogen) atoms. The Morgan fingerprint density at radius 2 is 2.29 bits per heavy atom. The minimum Gasteiger partial charge on any atom is -0.473 e. The Morgan fingerprint density at radius 1 is 1.43 bits per heavy atom. The van der Waals surface area contributed by atoms with E-state index in [4.69, 9.17) is 16.3 Å². The second kappa shape index (κ2) is 2.85. The summed E-state index contributed by atoms with van der Waals surface area (Å²) in [6, 6.07) is 3.53. The maximum Gasteiger partial charge on any atom is 0.235 e. The highest BCUT2D eigenvalue weighted by molar-refractivity contribution is 6.29. The first-order valence-corrected chi connectivity index (χ1v) is 4.88. The summed E-state index contributed by atoms with van der Waals surface area (Å²) >= 11 is 5.78. The van der Waals surface area contributed by atoms with Crippen LogP contribution in [-0.4, -0.2) is 20.7 Å². The van der Waals surface area contributed by atoms with Crippen LogP contribution in [0, 0.1) is 0 Å². The molecule has 0 saturated heterocycles. The Hall–Kier alpha value is -1.29. The van der Waals surface area contributed by atoms with Crippen molar-refractivity contribution in [2.24, 2.45) is 0 Å². The average molecular weight is 210 g/mol. The van der Waals surface area contributed by atoms with E-state index in [-0.39, 0.29) is 0 Å². The Morgan fingerprint density at radius 3 is 3.07 bits per heavy atom. The third-order valence-corrected chi connectivity index (χ3v) is 2.31. The second-order valence-electron chi connectivity index (χ2n) is 3.34. The van der Waals surface area contributed by atoms with Gasteiger partial charge in [0.1, 0.15) is 11.3 Å². The molecule has 1 fully saturated rings. The van der Waals surface area contributed by atoms with E-state index in [0.29, 0.717) is 17.1 Å². The van der Waals surface area contributed by atoms with Crippen molar-refractivity contribution in [3.63, 3.8) is 0 Å². The topological polar surface area (TPSA) is 39.4 Å². The summed E-state index contributed by atoms with van der Waals surface area (Å²) in [5, 5.41) is 4.55. The van der Waals surface area contributed by atoms with Gasteiger partial charge in [-0.2, -0.15) is 9.61 Å². The van der Waals surface area contributed by atoms with Crippen molar-refractivity contribution >= 4 is 17.2 Å². The first-order chi connectivity index (χ1) is 6.83. The fraction of sp³-hybridized carbons (Fsp3) is 0.333. The fourth-order valence-electron chi connectivity index (χ4n) is 1.27. The van der Waals surface area contributed by atoms with Crippen LogP contribution in [0.25, 0.3) is 5.65 Å². The highest BCUT2D eigenvalue weighted by atomic mass is 35.5. The molecule has 0 aliphatic heterocycles. The zero-order chi connectivity index (χ0) is 9.54. The first kappa shape index (κ1) is 8.05. The van der Waals surface area contributed by atoms with Crippen molar-refractivity contribution in [2.45, 2.75) is 18.9 Å². The summed E-state index contributed by atoms with van der Waals surface area (Å²) in [7, 11) is 0. The molecule has 4 nitrogen and oxygen atoms in total. The molecule has 0 radical (unpaired) electrons. The van der Waals surface area contributed by atoms with Gasteiger partial charge in [0.05, 0.1) is 6.20 Å². The molecule has 1 aliphatic carbocycles. The van der Waals surface area contributed by atoms with Gasteiger partial charge in [0, 0.05) is 0 Å². The Kier molecular flexibility index (Phi) is 1.64. The molecule has 2 aromatic rings. The standard InChI is InChI=1S/C9H8ClN3O/c10-7-3-4-8-11-5-9(13(8)12-7)14-6-1-2-6/h3-6H,1-2H2. The Bertz CT molecular complexity index is 478. The van der Waals surface area contributed by atoms with Gasteiger partial charge in [0.2, 0.25) is 5.88 Å². The van der Waals surface area contributed by atoms with E-state index < -0.39 is 0 Å². The largest absolute Gasteiger partial charge is 0.473 e. The van der Waals surface area contributed by atoms with E-state index in [0.717, 1.165) is 18.5 Å². The predicted molar refractivity (Wildman–Crippen MR) is 51.6 cm³/mol. The molecule has 1 aliphatic rings. The SMILES string of the molecule is Clc1ccc2ncc(OC3CC3)n2n1. The molecule has 72 valence electrons. The molecule has 5 heteroatoms. The van der Waals surface area contributed by atoms with Crippen molar-refractivity contribution in [1.29, 1.82) is 0 Å². The molecule has 3 rings (SSSR count). The minimum absolute atomic E-state index is 0.343. The van der Waals surface area contributed by atoms with Crippen LogP contribution in [0.3, 0.4) is 0 Å². The van der Waals surface area contributed by atoms with Crippen LogP contribution in [0.1, 0.15) is 12.8 Å². The van der Waals surface area contributed by atoms with E-state index in [1.54, 1.807) is 16.8 Å².